The molecule has 0 bridgehead atoms. The molecular formula is C10H13ClF2N2O4S2. The highest BCUT2D eigenvalue weighted by molar-refractivity contribution is 7.89. The summed E-state index contributed by atoms with van der Waals surface area (Å²) in [6, 6.07) is 2.05. The fourth-order valence-electron chi connectivity index (χ4n) is 1.86. The molecule has 0 unspecified atom stereocenters. The number of sulfonamides is 1. The van der Waals surface area contributed by atoms with E-state index in [2.05, 4.69) is 5.32 Å². The summed E-state index contributed by atoms with van der Waals surface area (Å²) in [4.78, 5) is -1.72. The molecule has 0 amide bonds. The van der Waals surface area contributed by atoms with Gasteiger partial charge in [0.05, 0.1) is 4.90 Å². The number of hydrogen-bond donors (Lipinski definition) is 1. The molecule has 0 spiro atoms. The van der Waals surface area contributed by atoms with E-state index in [1.54, 1.807) is 0 Å². The molecule has 1 heterocycles. The van der Waals surface area contributed by atoms with Crippen molar-refractivity contribution in [2.75, 3.05) is 26.2 Å². The lowest BCUT2D eigenvalue weighted by Crippen LogP contribution is -2.46. The second-order valence-electron chi connectivity index (χ2n) is 4.18. The first kappa shape index (κ1) is 18.2. The summed E-state index contributed by atoms with van der Waals surface area (Å²) in [6.07, 6.45) is 0. The van der Waals surface area contributed by atoms with Gasteiger partial charge in [-0.1, -0.05) is 0 Å². The van der Waals surface area contributed by atoms with Crippen LogP contribution in [0.3, 0.4) is 0 Å². The molecule has 11 heteroatoms. The van der Waals surface area contributed by atoms with Gasteiger partial charge in [0.25, 0.3) is 0 Å². The molecule has 0 radical (unpaired) electrons. The molecule has 1 saturated heterocycles. The molecule has 21 heavy (non-hydrogen) atoms. The second-order valence-corrected chi connectivity index (χ2v) is 7.44. The van der Waals surface area contributed by atoms with Crippen molar-refractivity contribution in [2.24, 2.45) is 0 Å². The summed E-state index contributed by atoms with van der Waals surface area (Å²) < 4.78 is 73.3. The summed E-state index contributed by atoms with van der Waals surface area (Å²) in [6.45, 7) is 1.32. The molecular weight excluding hydrogens is 350 g/mol. The standard InChI is InChI=1S/C10H12F2N2O4S2.ClH/c11-9-2-1-8(7-10(9)19(12,15)16)20(17,18)14-5-3-13-4-6-14;/h1-2,7,13H,3-6H2;1H. The van der Waals surface area contributed by atoms with Crippen molar-refractivity contribution in [3.8, 4) is 0 Å². The highest BCUT2D eigenvalue weighted by Gasteiger charge is 2.28. The first-order valence-corrected chi connectivity index (χ1v) is 8.50. The van der Waals surface area contributed by atoms with Crippen molar-refractivity contribution >= 4 is 32.7 Å². The molecule has 1 aromatic carbocycles. The molecule has 0 atom stereocenters. The fourth-order valence-corrected chi connectivity index (χ4v) is 3.98. The van der Waals surface area contributed by atoms with Gasteiger partial charge in [-0.15, -0.1) is 16.3 Å². The largest absolute Gasteiger partial charge is 0.335 e. The van der Waals surface area contributed by atoms with Crippen molar-refractivity contribution in [3.63, 3.8) is 0 Å². The number of rotatable bonds is 3. The summed E-state index contributed by atoms with van der Waals surface area (Å²) in [5, 5.41) is 2.96. The lowest BCUT2D eigenvalue weighted by atomic mass is 10.3. The number of nitrogens with zero attached hydrogens (tertiary/aromatic N) is 1. The topological polar surface area (TPSA) is 83.5 Å². The molecule has 120 valence electrons. The van der Waals surface area contributed by atoms with E-state index in [1.807, 2.05) is 0 Å². The van der Waals surface area contributed by atoms with Gasteiger partial charge in [-0.3, -0.25) is 0 Å². The minimum absolute atomic E-state index is 0. The van der Waals surface area contributed by atoms with Gasteiger partial charge in [-0.2, -0.15) is 12.7 Å². The van der Waals surface area contributed by atoms with Crippen LogP contribution in [0.15, 0.2) is 28.0 Å². The summed E-state index contributed by atoms with van der Waals surface area (Å²) in [7, 11) is -9.28. The quantitative estimate of drug-likeness (QED) is 0.792. The summed E-state index contributed by atoms with van der Waals surface area (Å²) in [5.74, 6) is -1.33. The Kier molecular flexibility index (Phi) is 5.67. The van der Waals surface area contributed by atoms with Crippen LogP contribution in [-0.4, -0.2) is 47.3 Å². The smallest absolute Gasteiger partial charge is 0.314 e. The Morgan fingerprint density at radius 2 is 1.67 bits per heavy atom. The number of piperazine rings is 1. The van der Waals surface area contributed by atoms with Gasteiger partial charge >= 0.3 is 10.2 Å². The van der Waals surface area contributed by atoms with E-state index < -0.39 is 35.9 Å². The number of hydrogen-bond acceptors (Lipinski definition) is 5. The summed E-state index contributed by atoms with van der Waals surface area (Å²) >= 11 is 0. The number of benzene rings is 1. The molecule has 1 aromatic rings. The first-order valence-electron chi connectivity index (χ1n) is 5.68. The van der Waals surface area contributed by atoms with E-state index in [-0.39, 0.29) is 25.5 Å². The van der Waals surface area contributed by atoms with Crippen molar-refractivity contribution in [1.29, 1.82) is 0 Å². The minimum atomic E-state index is -5.32. The Morgan fingerprint density at radius 1 is 1.10 bits per heavy atom. The Bertz CT molecular complexity index is 719. The maximum Gasteiger partial charge on any atom is 0.335 e. The molecule has 0 aliphatic carbocycles. The first-order chi connectivity index (χ1) is 9.23. The predicted molar refractivity (Wildman–Crippen MR) is 73.6 cm³/mol. The zero-order chi connectivity index (χ0) is 15.0. The zero-order valence-electron chi connectivity index (χ0n) is 10.6. The van der Waals surface area contributed by atoms with Gasteiger partial charge < -0.3 is 5.32 Å². The van der Waals surface area contributed by atoms with E-state index in [0.717, 1.165) is 10.4 Å². The van der Waals surface area contributed by atoms with Gasteiger partial charge in [-0.05, 0) is 18.2 Å². The van der Waals surface area contributed by atoms with E-state index in [1.165, 1.54) is 0 Å². The Labute approximate surface area is 127 Å². The third-order valence-corrected chi connectivity index (χ3v) is 5.61. The number of nitrogens with one attached hydrogen (secondary N) is 1. The molecule has 2 rings (SSSR count). The minimum Gasteiger partial charge on any atom is -0.314 e. The van der Waals surface area contributed by atoms with Crippen molar-refractivity contribution in [3.05, 3.63) is 24.0 Å². The van der Waals surface area contributed by atoms with E-state index in [0.29, 0.717) is 25.2 Å². The van der Waals surface area contributed by atoms with Crippen molar-refractivity contribution in [1.82, 2.24) is 9.62 Å². The van der Waals surface area contributed by atoms with Crippen molar-refractivity contribution in [2.45, 2.75) is 9.79 Å². The molecule has 1 aliphatic heterocycles. The highest BCUT2D eigenvalue weighted by atomic mass is 35.5. The van der Waals surface area contributed by atoms with Gasteiger partial charge in [0, 0.05) is 26.2 Å². The van der Waals surface area contributed by atoms with Gasteiger partial charge in [-0.25, -0.2) is 12.8 Å². The van der Waals surface area contributed by atoms with Crippen LogP contribution < -0.4 is 5.32 Å². The van der Waals surface area contributed by atoms with E-state index >= 15 is 0 Å². The zero-order valence-corrected chi connectivity index (χ0v) is 13.1. The molecule has 6 nitrogen and oxygen atoms in total. The Hall–Kier alpha value is -0.810. The molecule has 0 saturated carbocycles. The van der Waals surface area contributed by atoms with Crippen LogP contribution in [0.4, 0.5) is 8.28 Å². The monoisotopic (exact) mass is 362 g/mol. The molecule has 1 aliphatic rings. The van der Waals surface area contributed by atoms with Gasteiger partial charge in [0.15, 0.2) is 0 Å². The highest BCUT2D eigenvalue weighted by Crippen LogP contribution is 2.23. The van der Waals surface area contributed by atoms with Gasteiger partial charge in [0.2, 0.25) is 10.0 Å². The van der Waals surface area contributed by atoms with Crippen molar-refractivity contribution < 1.29 is 25.1 Å². The Morgan fingerprint density at radius 3 is 2.19 bits per heavy atom. The normalized spacial score (nSPS) is 17.2. The maximum atomic E-state index is 13.3. The average Bonchev–Trinajstić information content (AvgIpc) is 2.38. The predicted octanol–water partition coefficient (Wildman–Crippen LogP) is 0.500. The maximum absolute atomic E-state index is 13.3. The average molecular weight is 363 g/mol. The van der Waals surface area contributed by atoms with Crippen LogP contribution in [0.25, 0.3) is 0 Å². The third kappa shape index (κ3) is 3.89. The fraction of sp³-hybridized carbons (Fsp3) is 0.400. The molecule has 0 aromatic heterocycles. The van der Waals surface area contributed by atoms with E-state index in [9.17, 15) is 25.1 Å². The molecule has 1 N–H and O–H groups in total. The van der Waals surface area contributed by atoms with Crippen LogP contribution in [-0.2, 0) is 20.2 Å². The Balaban J connectivity index is 0.00000220. The third-order valence-electron chi connectivity index (χ3n) is 2.88. The number of halogens is 3. The van der Waals surface area contributed by atoms with Crippen LogP contribution in [0.2, 0.25) is 0 Å². The van der Waals surface area contributed by atoms with Gasteiger partial charge in [0.1, 0.15) is 10.7 Å². The van der Waals surface area contributed by atoms with Crippen LogP contribution in [0.5, 0.6) is 0 Å². The van der Waals surface area contributed by atoms with Crippen LogP contribution in [0, 0.1) is 5.82 Å². The van der Waals surface area contributed by atoms with E-state index in [4.69, 9.17) is 0 Å². The lowest BCUT2D eigenvalue weighted by molar-refractivity contribution is 0.360. The van der Waals surface area contributed by atoms with Crippen LogP contribution >= 0.6 is 12.4 Å². The second kappa shape index (κ2) is 6.53. The molecule has 1 fully saturated rings. The summed E-state index contributed by atoms with van der Waals surface area (Å²) in [5.41, 5.74) is 0. The lowest BCUT2D eigenvalue weighted by Gasteiger charge is -2.26. The SMILES string of the molecule is Cl.O=S(=O)(F)c1cc(S(=O)(=O)N2CCNCC2)ccc1F. The van der Waals surface area contributed by atoms with Crippen LogP contribution in [0.1, 0.15) is 0 Å².